The van der Waals surface area contributed by atoms with Gasteiger partial charge in [0.1, 0.15) is 5.82 Å². The van der Waals surface area contributed by atoms with E-state index in [1.54, 1.807) is 13.1 Å². The molecule has 0 bridgehead atoms. The molecule has 0 aliphatic carbocycles. The molecule has 94 valence electrons. The molecule has 0 spiro atoms. The third-order valence-corrected chi connectivity index (χ3v) is 2.96. The minimum Gasteiger partial charge on any atom is -0.476 e. The number of carbonyl (C=O) groups is 1. The van der Waals surface area contributed by atoms with Crippen molar-refractivity contribution in [2.45, 2.75) is 6.92 Å². The zero-order chi connectivity index (χ0) is 13.4. The molecule has 5 heteroatoms. The molecule has 0 aliphatic heterocycles. The summed E-state index contributed by atoms with van der Waals surface area (Å²) in [6.07, 6.45) is 1.74. The van der Waals surface area contributed by atoms with Gasteiger partial charge in [0.05, 0.1) is 5.52 Å². The van der Waals surface area contributed by atoms with Crippen LogP contribution in [0.1, 0.15) is 16.2 Å². The summed E-state index contributed by atoms with van der Waals surface area (Å²) in [6, 6.07) is 9.52. The second-order valence-corrected chi connectivity index (χ2v) is 4.28. The lowest BCUT2D eigenvalue weighted by Gasteiger charge is -2.00. The van der Waals surface area contributed by atoms with Gasteiger partial charge >= 0.3 is 5.97 Å². The third-order valence-electron chi connectivity index (χ3n) is 2.96. The van der Waals surface area contributed by atoms with Crippen LogP contribution in [0.3, 0.4) is 0 Å². The van der Waals surface area contributed by atoms with E-state index in [1.807, 2.05) is 30.3 Å². The smallest absolute Gasteiger partial charge is 0.356 e. The number of benzene rings is 1. The van der Waals surface area contributed by atoms with Crippen molar-refractivity contribution < 1.29 is 9.90 Å². The number of aromatic carboxylic acids is 1. The first-order chi connectivity index (χ1) is 9.15. The van der Waals surface area contributed by atoms with E-state index in [1.165, 1.54) is 0 Å². The van der Waals surface area contributed by atoms with Crippen LogP contribution in [0, 0.1) is 6.92 Å². The molecule has 0 radical (unpaired) electrons. The van der Waals surface area contributed by atoms with Crippen LogP contribution in [-0.4, -0.2) is 26.0 Å². The lowest BCUT2D eigenvalue weighted by Crippen LogP contribution is -1.98. The molecule has 0 fully saturated rings. The molecule has 2 N–H and O–H groups in total. The number of nitrogens with one attached hydrogen (secondary N) is 1. The summed E-state index contributed by atoms with van der Waals surface area (Å²) in [5, 5.41) is 10.00. The summed E-state index contributed by atoms with van der Waals surface area (Å²) in [5.41, 5.74) is 2.35. The predicted octanol–water partition coefficient (Wildman–Crippen LogP) is 2.63. The van der Waals surface area contributed by atoms with Crippen molar-refractivity contribution in [2.75, 3.05) is 0 Å². The summed E-state index contributed by atoms with van der Waals surface area (Å²) < 4.78 is 0. The average molecular weight is 253 g/mol. The van der Waals surface area contributed by atoms with E-state index < -0.39 is 5.97 Å². The average Bonchev–Trinajstić information content (AvgIpc) is 2.80. The molecular weight excluding hydrogens is 242 g/mol. The van der Waals surface area contributed by atoms with E-state index in [2.05, 4.69) is 15.0 Å². The number of hydrogen-bond acceptors (Lipinski definition) is 3. The van der Waals surface area contributed by atoms with Crippen molar-refractivity contribution in [1.29, 1.82) is 0 Å². The molecule has 3 rings (SSSR count). The highest BCUT2D eigenvalue weighted by Gasteiger charge is 2.14. The lowest BCUT2D eigenvalue weighted by atomic mass is 10.1. The van der Waals surface area contributed by atoms with Gasteiger partial charge in [0.15, 0.2) is 5.69 Å². The van der Waals surface area contributed by atoms with E-state index in [-0.39, 0.29) is 5.69 Å². The third kappa shape index (κ3) is 1.95. The molecule has 5 nitrogen and oxygen atoms in total. The Kier molecular flexibility index (Phi) is 2.52. The van der Waals surface area contributed by atoms with Crippen molar-refractivity contribution >= 4 is 16.9 Å². The molecule has 3 aromatic rings. The molecule has 1 aromatic carbocycles. The Labute approximate surface area is 109 Å². The Hall–Kier alpha value is -2.69. The number of fused-ring (bicyclic) bond motifs is 1. The molecule has 0 aliphatic rings. The standard InChI is InChI=1S/C14H11N3O2/c1-8-12(14(18)19)17-13(16-8)10-4-5-11-9(7-10)3-2-6-15-11/h2-7H,1H3,(H,16,17)(H,18,19). The summed E-state index contributed by atoms with van der Waals surface area (Å²) in [4.78, 5) is 22.3. The van der Waals surface area contributed by atoms with Gasteiger partial charge in [-0.2, -0.15) is 0 Å². The maximum Gasteiger partial charge on any atom is 0.356 e. The van der Waals surface area contributed by atoms with Gasteiger partial charge in [-0.15, -0.1) is 0 Å². The van der Waals surface area contributed by atoms with Crippen LogP contribution in [-0.2, 0) is 0 Å². The number of imidazole rings is 1. The van der Waals surface area contributed by atoms with Gasteiger partial charge in [-0.05, 0) is 31.2 Å². The quantitative estimate of drug-likeness (QED) is 0.735. The van der Waals surface area contributed by atoms with Crippen LogP contribution in [0.4, 0.5) is 0 Å². The van der Waals surface area contributed by atoms with Crippen LogP contribution in [0.2, 0.25) is 0 Å². The molecule has 0 unspecified atom stereocenters. The van der Waals surface area contributed by atoms with Gasteiger partial charge in [-0.1, -0.05) is 6.07 Å². The highest BCUT2D eigenvalue weighted by atomic mass is 16.4. The molecule has 19 heavy (non-hydrogen) atoms. The number of nitrogens with zero attached hydrogens (tertiary/aromatic N) is 2. The van der Waals surface area contributed by atoms with Crippen molar-refractivity contribution in [2.24, 2.45) is 0 Å². The van der Waals surface area contributed by atoms with Gasteiger partial charge < -0.3 is 10.1 Å². The van der Waals surface area contributed by atoms with Crippen molar-refractivity contribution in [3.8, 4) is 11.4 Å². The summed E-state index contributed by atoms with van der Waals surface area (Å²) in [7, 11) is 0. The monoisotopic (exact) mass is 253 g/mol. The molecular formula is C14H11N3O2. The Morgan fingerprint density at radius 2 is 2.16 bits per heavy atom. The van der Waals surface area contributed by atoms with E-state index in [0.29, 0.717) is 11.5 Å². The van der Waals surface area contributed by atoms with Crippen LogP contribution in [0.5, 0.6) is 0 Å². The minimum absolute atomic E-state index is 0.0567. The predicted molar refractivity (Wildman–Crippen MR) is 71.0 cm³/mol. The molecule has 2 heterocycles. The number of aromatic amines is 1. The first-order valence-electron chi connectivity index (χ1n) is 5.80. The van der Waals surface area contributed by atoms with Crippen LogP contribution >= 0.6 is 0 Å². The van der Waals surface area contributed by atoms with Crippen molar-refractivity contribution in [3.05, 3.63) is 47.9 Å². The van der Waals surface area contributed by atoms with Gasteiger partial charge in [0.25, 0.3) is 0 Å². The number of carboxylic acids is 1. The highest BCUT2D eigenvalue weighted by Crippen LogP contribution is 2.22. The first-order valence-corrected chi connectivity index (χ1v) is 5.80. The Morgan fingerprint density at radius 1 is 1.32 bits per heavy atom. The topological polar surface area (TPSA) is 78.9 Å². The van der Waals surface area contributed by atoms with Crippen LogP contribution < -0.4 is 0 Å². The largest absolute Gasteiger partial charge is 0.476 e. The molecule has 0 saturated heterocycles. The first kappa shape index (κ1) is 11.4. The van der Waals surface area contributed by atoms with Gasteiger partial charge in [-0.25, -0.2) is 9.78 Å². The van der Waals surface area contributed by atoms with E-state index in [4.69, 9.17) is 5.11 Å². The number of rotatable bonds is 2. The number of pyridine rings is 1. The van der Waals surface area contributed by atoms with E-state index in [0.717, 1.165) is 16.5 Å². The molecule has 0 atom stereocenters. The second kappa shape index (κ2) is 4.20. The van der Waals surface area contributed by atoms with Gasteiger partial charge in [-0.3, -0.25) is 4.98 Å². The Balaban J connectivity index is 2.13. The van der Waals surface area contributed by atoms with Gasteiger partial charge in [0.2, 0.25) is 0 Å². The van der Waals surface area contributed by atoms with E-state index >= 15 is 0 Å². The normalized spacial score (nSPS) is 10.8. The number of aromatic nitrogens is 3. The fraction of sp³-hybridized carbons (Fsp3) is 0.0714. The molecule has 2 aromatic heterocycles. The molecule has 0 saturated carbocycles. The molecule has 0 amide bonds. The number of aryl methyl sites for hydroxylation is 1. The van der Waals surface area contributed by atoms with Gasteiger partial charge in [0, 0.05) is 22.8 Å². The SMILES string of the molecule is Cc1[nH]c(-c2ccc3ncccc3c2)nc1C(=O)O. The maximum absolute atomic E-state index is 11.0. The Bertz CT molecular complexity index is 777. The van der Waals surface area contributed by atoms with Crippen LogP contribution in [0.15, 0.2) is 36.5 Å². The number of carboxylic acid groups (broad SMARTS) is 1. The van der Waals surface area contributed by atoms with Crippen LogP contribution in [0.25, 0.3) is 22.3 Å². The summed E-state index contributed by atoms with van der Waals surface area (Å²) in [6.45, 7) is 1.70. The number of hydrogen-bond donors (Lipinski definition) is 2. The number of H-pyrrole nitrogens is 1. The van der Waals surface area contributed by atoms with Crippen molar-refractivity contribution in [1.82, 2.24) is 15.0 Å². The summed E-state index contributed by atoms with van der Waals surface area (Å²) in [5.74, 6) is -0.469. The second-order valence-electron chi connectivity index (χ2n) is 4.28. The maximum atomic E-state index is 11.0. The fourth-order valence-corrected chi connectivity index (χ4v) is 2.03. The lowest BCUT2D eigenvalue weighted by molar-refractivity contribution is 0.0690. The fourth-order valence-electron chi connectivity index (χ4n) is 2.03. The summed E-state index contributed by atoms with van der Waals surface area (Å²) >= 11 is 0. The zero-order valence-corrected chi connectivity index (χ0v) is 10.2. The van der Waals surface area contributed by atoms with E-state index in [9.17, 15) is 4.79 Å². The zero-order valence-electron chi connectivity index (χ0n) is 10.2. The Morgan fingerprint density at radius 3 is 2.89 bits per heavy atom. The van der Waals surface area contributed by atoms with Crippen molar-refractivity contribution in [3.63, 3.8) is 0 Å². The highest BCUT2D eigenvalue weighted by molar-refractivity contribution is 5.88. The minimum atomic E-state index is -1.03.